The Balaban J connectivity index is 1.86. The van der Waals surface area contributed by atoms with E-state index in [-0.39, 0.29) is 11.8 Å². The topological polar surface area (TPSA) is 72.1 Å². The summed E-state index contributed by atoms with van der Waals surface area (Å²) in [4.78, 5) is 22.5. The molecule has 0 radical (unpaired) electrons. The number of nitrogens with two attached hydrogens (primary N) is 1. The molecule has 0 spiro atoms. The number of hydrogen-bond donors (Lipinski definition) is 1. The summed E-state index contributed by atoms with van der Waals surface area (Å²) in [5.74, 6) is 0.757. The molecule has 120 valence electrons. The molecule has 23 heavy (non-hydrogen) atoms. The first-order chi connectivity index (χ1) is 11.1. The Labute approximate surface area is 136 Å². The fraction of sp³-hybridized carbons (Fsp3) is 0.389. The number of benzene rings is 1. The molecule has 2 N–H and O–H groups in total. The highest BCUT2D eigenvalue weighted by molar-refractivity contribution is 5.77. The number of aromatic nitrogens is 2. The molecule has 3 rings (SSSR count). The predicted molar refractivity (Wildman–Crippen MR) is 91.1 cm³/mol. The van der Waals surface area contributed by atoms with Crippen molar-refractivity contribution in [2.45, 2.75) is 26.7 Å². The molecule has 2 aromatic rings. The molecule has 0 aliphatic carbocycles. The van der Waals surface area contributed by atoms with E-state index in [9.17, 15) is 4.79 Å². The van der Waals surface area contributed by atoms with Crippen molar-refractivity contribution >= 4 is 11.7 Å². The van der Waals surface area contributed by atoms with Crippen molar-refractivity contribution in [3.8, 4) is 11.3 Å². The first-order valence-corrected chi connectivity index (χ1v) is 7.99. The normalized spacial score (nSPS) is 15.7. The first-order valence-electron chi connectivity index (χ1n) is 7.99. The van der Waals surface area contributed by atoms with Gasteiger partial charge in [-0.3, -0.25) is 4.79 Å². The third-order valence-electron chi connectivity index (χ3n) is 4.58. The molecule has 5 heteroatoms. The Morgan fingerprint density at radius 1 is 1.13 bits per heavy atom. The molecule has 0 saturated carbocycles. The van der Waals surface area contributed by atoms with Crippen molar-refractivity contribution in [2.75, 3.05) is 18.0 Å². The summed E-state index contributed by atoms with van der Waals surface area (Å²) in [6.07, 6.45) is 3.20. The third-order valence-corrected chi connectivity index (χ3v) is 4.58. The van der Waals surface area contributed by atoms with Gasteiger partial charge in [-0.1, -0.05) is 29.8 Å². The van der Waals surface area contributed by atoms with E-state index in [0.29, 0.717) is 0 Å². The van der Waals surface area contributed by atoms with E-state index in [1.165, 1.54) is 5.56 Å². The largest absolute Gasteiger partial charge is 0.369 e. The number of hydrogen-bond acceptors (Lipinski definition) is 4. The van der Waals surface area contributed by atoms with Crippen LogP contribution >= 0.6 is 0 Å². The van der Waals surface area contributed by atoms with Gasteiger partial charge in [-0.25, -0.2) is 9.97 Å². The number of primary amides is 1. The van der Waals surface area contributed by atoms with Crippen LogP contribution in [-0.2, 0) is 4.79 Å². The van der Waals surface area contributed by atoms with E-state index in [2.05, 4.69) is 53.0 Å². The van der Waals surface area contributed by atoms with E-state index < -0.39 is 0 Å². The predicted octanol–water partition coefficient (Wildman–Crippen LogP) is 2.46. The molecule has 1 aromatic heterocycles. The van der Waals surface area contributed by atoms with Crippen LogP contribution in [0.3, 0.4) is 0 Å². The standard InChI is InChI=1S/C18H22N4O/c1-12-3-5-14(6-4-12)16-13(2)18(21-11-20-16)22-9-7-15(8-10-22)17(19)23/h3-6,11,15H,7-10H2,1-2H3,(H2,19,23). The number of carbonyl (C=O) groups excluding carboxylic acids is 1. The molecular weight excluding hydrogens is 288 g/mol. The van der Waals surface area contributed by atoms with Crippen LogP contribution in [0.15, 0.2) is 30.6 Å². The maximum atomic E-state index is 11.3. The number of rotatable bonds is 3. The van der Waals surface area contributed by atoms with Crippen LogP contribution in [0.2, 0.25) is 0 Å². The van der Waals surface area contributed by atoms with Gasteiger partial charge in [0.05, 0.1) is 5.69 Å². The molecule has 2 heterocycles. The quantitative estimate of drug-likeness (QED) is 0.945. The Kier molecular flexibility index (Phi) is 4.28. The zero-order valence-electron chi connectivity index (χ0n) is 13.6. The molecule has 1 aliphatic rings. The van der Waals surface area contributed by atoms with Crippen molar-refractivity contribution in [2.24, 2.45) is 11.7 Å². The second kappa shape index (κ2) is 6.36. The molecule has 1 aliphatic heterocycles. The van der Waals surface area contributed by atoms with Crippen LogP contribution in [-0.4, -0.2) is 29.0 Å². The molecule has 1 amide bonds. The summed E-state index contributed by atoms with van der Waals surface area (Å²) in [6, 6.07) is 8.37. The van der Waals surface area contributed by atoms with Crippen molar-refractivity contribution in [3.05, 3.63) is 41.7 Å². The van der Waals surface area contributed by atoms with Gasteiger partial charge in [0.25, 0.3) is 0 Å². The lowest BCUT2D eigenvalue weighted by molar-refractivity contribution is -0.122. The average molecular weight is 310 g/mol. The highest BCUT2D eigenvalue weighted by atomic mass is 16.1. The molecule has 0 atom stereocenters. The van der Waals surface area contributed by atoms with Crippen LogP contribution in [0.4, 0.5) is 5.82 Å². The van der Waals surface area contributed by atoms with Crippen LogP contribution in [0.1, 0.15) is 24.0 Å². The summed E-state index contributed by atoms with van der Waals surface area (Å²) in [7, 11) is 0. The summed E-state index contributed by atoms with van der Waals surface area (Å²) < 4.78 is 0. The summed E-state index contributed by atoms with van der Waals surface area (Å²) >= 11 is 0. The molecule has 0 bridgehead atoms. The maximum absolute atomic E-state index is 11.3. The van der Waals surface area contributed by atoms with Gasteiger partial charge < -0.3 is 10.6 Å². The summed E-state index contributed by atoms with van der Waals surface area (Å²) in [5.41, 5.74) is 9.78. The van der Waals surface area contributed by atoms with E-state index in [4.69, 9.17) is 5.73 Å². The Morgan fingerprint density at radius 3 is 2.39 bits per heavy atom. The fourth-order valence-electron chi connectivity index (χ4n) is 3.14. The summed E-state index contributed by atoms with van der Waals surface area (Å²) in [6.45, 7) is 5.74. The number of piperidine rings is 1. The van der Waals surface area contributed by atoms with E-state index in [0.717, 1.165) is 48.6 Å². The van der Waals surface area contributed by atoms with Gasteiger partial charge >= 0.3 is 0 Å². The minimum atomic E-state index is -0.190. The molecule has 1 fully saturated rings. The van der Waals surface area contributed by atoms with E-state index >= 15 is 0 Å². The van der Waals surface area contributed by atoms with Crippen LogP contribution in [0.25, 0.3) is 11.3 Å². The van der Waals surface area contributed by atoms with Gasteiger partial charge in [-0.15, -0.1) is 0 Å². The summed E-state index contributed by atoms with van der Waals surface area (Å²) in [5, 5.41) is 0. The second-order valence-corrected chi connectivity index (χ2v) is 6.20. The van der Waals surface area contributed by atoms with Crippen LogP contribution in [0, 0.1) is 19.8 Å². The first kappa shape index (κ1) is 15.5. The minimum absolute atomic E-state index is 0.00929. The zero-order valence-corrected chi connectivity index (χ0v) is 13.6. The van der Waals surface area contributed by atoms with Crippen molar-refractivity contribution in [1.82, 2.24) is 9.97 Å². The van der Waals surface area contributed by atoms with Gasteiger partial charge in [0.1, 0.15) is 12.1 Å². The Bertz CT molecular complexity index is 703. The Hall–Kier alpha value is -2.43. The van der Waals surface area contributed by atoms with Crippen LogP contribution < -0.4 is 10.6 Å². The van der Waals surface area contributed by atoms with Crippen molar-refractivity contribution < 1.29 is 4.79 Å². The third kappa shape index (κ3) is 3.18. The second-order valence-electron chi connectivity index (χ2n) is 6.20. The van der Waals surface area contributed by atoms with Gasteiger partial charge in [-0.05, 0) is 26.7 Å². The number of nitrogens with zero attached hydrogens (tertiary/aromatic N) is 3. The monoisotopic (exact) mass is 310 g/mol. The fourth-order valence-corrected chi connectivity index (χ4v) is 3.14. The van der Waals surface area contributed by atoms with E-state index in [1.54, 1.807) is 6.33 Å². The number of carbonyl (C=O) groups is 1. The SMILES string of the molecule is Cc1ccc(-c2ncnc(N3CCC(C(N)=O)CC3)c2C)cc1. The molecule has 1 saturated heterocycles. The smallest absolute Gasteiger partial charge is 0.220 e. The number of aryl methyl sites for hydroxylation is 1. The van der Waals surface area contributed by atoms with Gasteiger partial charge in [0.15, 0.2) is 0 Å². The van der Waals surface area contributed by atoms with Crippen molar-refractivity contribution in [3.63, 3.8) is 0 Å². The highest BCUT2D eigenvalue weighted by Gasteiger charge is 2.25. The number of amides is 1. The van der Waals surface area contributed by atoms with Gasteiger partial charge in [0.2, 0.25) is 5.91 Å². The average Bonchev–Trinajstić information content (AvgIpc) is 2.56. The highest BCUT2D eigenvalue weighted by Crippen LogP contribution is 2.29. The lowest BCUT2D eigenvalue weighted by Gasteiger charge is -2.32. The van der Waals surface area contributed by atoms with Crippen LogP contribution in [0.5, 0.6) is 0 Å². The number of anilines is 1. The minimum Gasteiger partial charge on any atom is -0.369 e. The lowest BCUT2D eigenvalue weighted by atomic mass is 9.96. The van der Waals surface area contributed by atoms with Gasteiger partial charge in [0, 0.05) is 30.1 Å². The molecular formula is C18H22N4O. The maximum Gasteiger partial charge on any atom is 0.220 e. The molecule has 1 aromatic carbocycles. The van der Waals surface area contributed by atoms with Crippen molar-refractivity contribution in [1.29, 1.82) is 0 Å². The Morgan fingerprint density at radius 2 is 1.78 bits per heavy atom. The lowest BCUT2D eigenvalue weighted by Crippen LogP contribution is -2.39. The van der Waals surface area contributed by atoms with Gasteiger partial charge in [-0.2, -0.15) is 0 Å². The molecule has 0 unspecified atom stereocenters. The van der Waals surface area contributed by atoms with E-state index in [1.807, 2.05) is 0 Å². The molecule has 5 nitrogen and oxygen atoms in total. The zero-order chi connectivity index (χ0) is 16.4.